The zero-order valence-corrected chi connectivity index (χ0v) is 19.3. The van der Waals surface area contributed by atoms with E-state index in [1.54, 1.807) is 6.07 Å². The van der Waals surface area contributed by atoms with Crippen molar-refractivity contribution in [3.63, 3.8) is 0 Å². The number of fused-ring (bicyclic) bond motifs is 1. The Morgan fingerprint density at radius 2 is 1.29 bits per heavy atom. The lowest BCUT2D eigenvalue weighted by atomic mass is 9.96. The lowest BCUT2D eigenvalue weighted by molar-refractivity contribution is -0.137. The summed E-state index contributed by atoms with van der Waals surface area (Å²) in [4.78, 5) is 0. The lowest BCUT2D eigenvalue weighted by Gasteiger charge is -2.10. The van der Waals surface area contributed by atoms with Crippen LogP contribution in [0.4, 0.5) is 17.6 Å². The molecule has 0 aliphatic rings. The van der Waals surface area contributed by atoms with Gasteiger partial charge in [0.1, 0.15) is 5.82 Å². The maximum absolute atomic E-state index is 15.2. The van der Waals surface area contributed by atoms with Crippen molar-refractivity contribution in [3.05, 3.63) is 107 Å². The molecule has 0 spiro atoms. The molecule has 176 valence electrons. The monoisotopic (exact) mass is 464 g/mol. The second kappa shape index (κ2) is 10.4. The van der Waals surface area contributed by atoms with Gasteiger partial charge in [-0.15, -0.1) is 0 Å². The van der Waals surface area contributed by atoms with Gasteiger partial charge in [-0.2, -0.15) is 13.2 Å². The molecule has 0 heterocycles. The second-order valence-corrected chi connectivity index (χ2v) is 8.82. The van der Waals surface area contributed by atoms with Gasteiger partial charge < -0.3 is 0 Å². The van der Waals surface area contributed by atoms with Crippen LogP contribution >= 0.6 is 0 Å². The average Bonchev–Trinajstić information content (AvgIpc) is 2.84. The molecule has 0 N–H and O–H groups in total. The van der Waals surface area contributed by atoms with E-state index in [1.807, 2.05) is 24.3 Å². The van der Waals surface area contributed by atoms with Crippen molar-refractivity contribution >= 4 is 10.8 Å². The maximum atomic E-state index is 15.2. The molecule has 0 nitrogen and oxygen atoms in total. The van der Waals surface area contributed by atoms with Crippen LogP contribution in [0.5, 0.6) is 0 Å². The maximum Gasteiger partial charge on any atom is 0.416 e. The third-order valence-electron chi connectivity index (χ3n) is 6.35. The van der Waals surface area contributed by atoms with Crippen LogP contribution in [-0.4, -0.2) is 0 Å². The SMILES string of the molecule is CCCCCc1ccc(-c2ccc3c(F)c(CCc4ccc(C(F)(F)F)cc4)ccc3c2)cc1. The molecule has 0 aliphatic carbocycles. The molecule has 0 saturated carbocycles. The van der Waals surface area contributed by atoms with Gasteiger partial charge >= 0.3 is 6.18 Å². The molecule has 0 radical (unpaired) electrons. The number of aryl methyl sites for hydroxylation is 3. The van der Waals surface area contributed by atoms with Crippen LogP contribution in [-0.2, 0) is 25.4 Å². The molecule has 4 heteroatoms. The summed E-state index contributed by atoms with van der Waals surface area (Å²) in [6, 6.07) is 23.1. The Morgan fingerprint density at radius 1 is 0.647 bits per heavy atom. The van der Waals surface area contributed by atoms with E-state index in [0.717, 1.165) is 40.6 Å². The largest absolute Gasteiger partial charge is 0.416 e. The molecule has 34 heavy (non-hydrogen) atoms. The molecule has 0 bridgehead atoms. The highest BCUT2D eigenvalue weighted by Gasteiger charge is 2.29. The number of alkyl halides is 3. The second-order valence-electron chi connectivity index (χ2n) is 8.82. The molecule has 0 atom stereocenters. The molecule has 4 aromatic carbocycles. The van der Waals surface area contributed by atoms with Gasteiger partial charge in [0.25, 0.3) is 0 Å². The molecule has 0 unspecified atom stereocenters. The molecular weight excluding hydrogens is 436 g/mol. The predicted octanol–water partition coefficient (Wildman–Crippen LogP) is 9.18. The minimum absolute atomic E-state index is 0.262. The van der Waals surface area contributed by atoms with Gasteiger partial charge in [0, 0.05) is 5.39 Å². The van der Waals surface area contributed by atoms with Crippen molar-refractivity contribution < 1.29 is 17.6 Å². The number of halogens is 4. The van der Waals surface area contributed by atoms with Crippen LogP contribution in [0.25, 0.3) is 21.9 Å². The molecule has 0 aromatic heterocycles. The fraction of sp³-hybridized carbons (Fsp3) is 0.267. The van der Waals surface area contributed by atoms with E-state index in [9.17, 15) is 13.2 Å². The standard InChI is InChI=1S/C30H28F4/c1-2-3-4-5-21-6-11-23(12-7-21)25-16-19-28-26(20-25)15-14-24(29(28)31)13-8-22-9-17-27(18-10-22)30(32,33)34/h6-7,9-12,14-20H,2-5,8,13H2,1H3. The minimum atomic E-state index is -4.35. The lowest BCUT2D eigenvalue weighted by Crippen LogP contribution is -2.04. The van der Waals surface area contributed by atoms with Crippen molar-refractivity contribution in [2.45, 2.75) is 51.6 Å². The van der Waals surface area contributed by atoms with E-state index >= 15 is 4.39 Å². The van der Waals surface area contributed by atoms with Gasteiger partial charge in [0.2, 0.25) is 0 Å². The molecule has 4 rings (SSSR count). The third-order valence-corrected chi connectivity index (χ3v) is 6.35. The van der Waals surface area contributed by atoms with E-state index in [1.165, 1.54) is 37.0 Å². The average molecular weight is 465 g/mol. The van der Waals surface area contributed by atoms with Crippen LogP contribution in [0.2, 0.25) is 0 Å². The molecule has 0 fully saturated rings. The number of unbranched alkanes of at least 4 members (excludes halogenated alkanes) is 2. The van der Waals surface area contributed by atoms with E-state index in [0.29, 0.717) is 23.8 Å². The zero-order valence-electron chi connectivity index (χ0n) is 19.3. The molecule has 0 saturated heterocycles. The molecule has 4 aromatic rings. The van der Waals surface area contributed by atoms with Crippen LogP contribution in [0.3, 0.4) is 0 Å². The first kappa shape index (κ1) is 24.0. The normalized spacial score (nSPS) is 11.8. The Bertz CT molecular complexity index is 1240. The number of hydrogen-bond donors (Lipinski definition) is 0. The first-order valence-corrected chi connectivity index (χ1v) is 11.8. The quantitative estimate of drug-likeness (QED) is 0.180. The van der Waals surface area contributed by atoms with Crippen molar-refractivity contribution in [2.75, 3.05) is 0 Å². The number of rotatable bonds is 8. The summed E-state index contributed by atoms with van der Waals surface area (Å²) in [7, 11) is 0. The Hall–Kier alpha value is -3.14. The fourth-order valence-corrected chi connectivity index (χ4v) is 4.29. The van der Waals surface area contributed by atoms with E-state index in [2.05, 4.69) is 31.2 Å². The summed E-state index contributed by atoms with van der Waals surface area (Å²) in [6.07, 6.45) is 1.29. The Balaban J connectivity index is 1.47. The molecule has 0 amide bonds. The summed E-state index contributed by atoms with van der Waals surface area (Å²) < 4.78 is 53.4. The minimum Gasteiger partial charge on any atom is -0.206 e. The van der Waals surface area contributed by atoms with Crippen LogP contribution in [0.1, 0.15) is 48.4 Å². The highest BCUT2D eigenvalue weighted by atomic mass is 19.4. The predicted molar refractivity (Wildman–Crippen MR) is 131 cm³/mol. The summed E-state index contributed by atoms with van der Waals surface area (Å²) in [5, 5.41) is 1.39. The van der Waals surface area contributed by atoms with Crippen LogP contribution in [0.15, 0.2) is 78.9 Å². The van der Waals surface area contributed by atoms with Crippen molar-refractivity contribution in [1.82, 2.24) is 0 Å². The third kappa shape index (κ3) is 5.67. The first-order valence-electron chi connectivity index (χ1n) is 11.8. The highest BCUT2D eigenvalue weighted by Crippen LogP contribution is 2.30. The van der Waals surface area contributed by atoms with E-state index < -0.39 is 11.7 Å². The Morgan fingerprint density at radius 3 is 1.97 bits per heavy atom. The summed E-state index contributed by atoms with van der Waals surface area (Å²) in [5.74, 6) is -0.262. The Kier molecular flexibility index (Phi) is 7.35. The van der Waals surface area contributed by atoms with E-state index in [-0.39, 0.29) is 5.82 Å². The highest BCUT2D eigenvalue weighted by molar-refractivity contribution is 5.88. The van der Waals surface area contributed by atoms with Gasteiger partial charge in [0.15, 0.2) is 0 Å². The summed E-state index contributed by atoms with van der Waals surface area (Å²) >= 11 is 0. The molecule has 0 aliphatic heterocycles. The fourth-order valence-electron chi connectivity index (χ4n) is 4.29. The summed E-state index contributed by atoms with van der Waals surface area (Å²) in [5.41, 5.74) is 4.13. The van der Waals surface area contributed by atoms with Crippen molar-refractivity contribution in [1.29, 1.82) is 0 Å². The topological polar surface area (TPSA) is 0 Å². The number of hydrogen-bond acceptors (Lipinski definition) is 0. The van der Waals surface area contributed by atoms with Gasteiger partial charge in [-0.3, -0.25) is 0 Å². The van der Waals surface area contributed by atoms with Crippen molar-refractivity contribution in [3.8, 4) is 11.1 Å². The van der Waals surface area contributed by atoms with Gasteiger partial charge in [0.05, 0.1) is 5.56 Å². The Labute approximate surface area is 198 Å². The zero-order chi connectivity index (χ0) is 24.1. The van der Waals surface area contributed by atoms with Gasteiger partial charge in [-0.25, -0.2) is 4.39 Å². The van der Waals surface area contributed by atoms with Crippen molar-refractivity contribution in [2.24, 2.45) is 0 Å². The molecular formula is C30H28F4. The summed E-state index contributed by atoms with van der Waals surface area (Å²) in [6.45, 7) is 2.20. The van der Waals surface area contributed by atoms with E-state index in [4.69, 9.17) is 0 Å². The van der Waals surface area contributed by atoms with Crippen LogP contribution in [0, 0.1) is 5.82 Å². The van der Waals surface area contributed by atoms with Gasteiger partial charge in [-0.1, -0.05) is 80.4 Å². The number of benzene rings is 4. The first-order chi connectivity index (χ1) is 16.3. The smallest absolute Gasteiger partial charge is 0.206 e. The van der Waals surface area contributed by atoms with Gasteiger partial charge in [-0.05, 0) is 77.1 Å². The van der Waals surface area contributed by atoms with Crippen LogP contribution < -0.4 is 0 Å².